The van der Waals surface area contributed by atoms with Crippen LogP contribution in [0.1, 0.15) is 62.4 Å². The summed E-state index contributed by atoms with van der Waals surface area (Å²) in [7, 11) is 0. The minimum Gasteiger partial charge on any atom is -0.460 e. The minimum absolute atomic E-state index is 0.135. The third-order valence-corrected chi connectivity index (χ3v) is 2.51. The van der Waals surface area contributed by atoms with Crippen molar-refractivity contribution in [3.63, 3.8) is 0 Å². The summed E-state index contributed by atoms with van der Waals surface area (Å²) in [5.74, 6) is 0.445. The molecule has 0 radical (unpaired) electrons. The molecule has 1 heterocycles. The van der Waals surface area contributed by atoms with Crippen molar-refractivity contribution in [3.05, 3.63) is 11.6 Å². The normalized spacial score (nSPS) is 10.5. The van der Waals surface area contributed by atoms with Gasteiger partial charge >= 0.3 is 5.97 Å². The van der Waals surface area contributed by atoms with Crippen molar-refractivity contribution in [2.45, 2.75) is 52.4 Å². The first-order valence-electron chi connectivity index (χ1n) is 6.36. The van der Waals surface area contributed by atoms with E-state index in [2.05, 4.69) is 22.1 Å². The average molecular weight is 239 g/mol. The number of aromatic amines is 1. The zero-order chi connectivity index (χ0) is 12.5. The number of hydrogen-bond acceptors (Lipinski definition) is 4. The zero-order valence-electron chi connectivity index (χ0n) is 10.7. The van der Waals surface area contributed by atoms with Gasteiger partial charge in [-0.05, 0) is 13.3 Å². The van der Waals surface area contributed by atoms with Crippen LogP contribution >= 0.6 is 0 Å². The highest BCUT2D eigenvalue weighted by molar-refractivity contribution is 5.84. The number of carbonyl (C=O) groups is 1. The van der Waals surface area contributed by atoms with Crippen LogP contribution in [0.4, 0.5) is 0 Å². The predicted molar refractivity (Wildman–Crippen MR) is 64.8 cm³/mol. The van der Waals surface area contributed by atoms with Gasteiger partial charge in [-0.1, -0.05) is 32.6 Å². The van der Waals surface area contributed by atoms with Crippen LogP contribution in [0, 0.1) is 0 Å². The van der Waals surface area contributed by atoms with Crippen LogP contribution in [0.25, 0.3) is 0 Å². The van der Waals surface area contributed by atoms with Gasteiger partial charge in [-0.25, -0.2) is 9.78 Å². The predicted octanol–water partition coefficient (Wildman–Crippen LogP) is 2.49. The Morgan fingerprint density at radius 3 is 2.71 bits per heavy atom. The van der Waals surface area contributed by atoms with Crippen molar-refractivity contribution in [2.75, 3.05) is 6.61 Å². The lowest BCUT2D eigenvalue weighted by atomic mass is 10.1. The Hall–Kier alpha value is -1.39. The summed E-state index contributed by atoms with van der Waals surface area (Å²) < 4.78 is 4.81. The Balaban J connectivity index is 2.28. The van der Waals surface area contributed by atoms with Crippen LogP contribution < -0.4 is 0 Å². The molecule has 0 amide bonds. The molecule has 0 aromatic carbocycles. The Morgan fingerprint density at radius 2 is 2.00 bits per heavy atom. The number of rotatable bonds is 8. The van der Waals surface area contributed by atoms with E-state index in [0.29, 0.717) is 6.61 Å². The highest BCUT2D eigenvalue weighted by atomic mass is 16.5. The van der Waals surface area contributed by atoms with E-state index in [1.807, 2.05) is 0 Å². The van der Waals surface area contributed by atoms with Crippen molar-refractivity contribution in [2.24, 2.45) is 0 Å². The molecule has 0 spiro atoms. The molecule has 1 aromatic heterocycles. The second-order valence-electron chi connectivity index (χ2n) is 3.99. The molecule has 1 N–H and O–H groups in total. The van der Waals surface area contributed by atoms with Crippen LogP contribution in [0.15, 0.2) is 0 Å². The molecule has 0 bridgehead atoms. The van der Waals surface area contributed by atoms with Gasteiger partial charge in [-0.2, -0.15) is 0 Å². The van der Waals surface area contributed by atoms with Gasteiger partial charge < -0.3 is 4.74 Å². The molecule has 0 unspecified atom stereocenters. The number of hydrogen-bond donors (Lipinski definition) is 1. The molecule has 0 aliphatic heterocycles. The van der Waals surface area contributed by atoms with Gasteiger partial charge in [-0.3, -0.25) is 5.10 Å². The number of esters is 1. The molecule has 0 aliphatic rings. The fraction of sp³-hybridized carbons (Fsp3) is 0.750. The van der Waals surface area contributed by atoms with Crippen molar-refractivity contribution in [1.29, 1.82) is 0 Å². The Bertz CT molecular complexity index is 336. The van der Waals surface area contributed by atoms with E-state index in [9.17, 15) is 4.79 Å². The second-order valence-corrected chi connectivity index (χ2v) is 3.99. The number of aryl methyl sites for hydroxylation is 1. The number of unbranched alkanes of at least 4 members (excludes halogenated alkanes) is 4. The molecule has 5 heteroatoms. The maximum absolute atomic E-state index is 11.3. The monoisotopic (exact) mass is 239 g/mol. The number of H-pyrrole nitrogens is 1. The molecule has 0 atom stereocenters. The van der Waals surface area contributed by atoms with Crippen LogP contribution in [0.3, 0.4) is 0 Å². The lowest BCUT2D eigenvalue weighted by Crippen LogP contribution is -2.06. The van der Waals surface area contributed by atoms with Gasteiger partial charge in [0.05, 0.1) is 6.61 Å². The Morgan fingerprint density at radius 1 is 1.24 bits per heavy atom. The van der Waals surface area contributed by atoms with Crippen molar-refractivity contribution >= 4 is 5.97 Å². The van der Waals surface area contributed by atoms with E-state index in [1.54, 1.807) is 6.92 Å². The molecular formula is C12H21N3O2. The summed E-state index contributed by atoms with van der Waals surface area (Å²) in [6.07, 6.45) is 6.91. The third kappa shape index (κ3) is 4.97. The number of nitrogens with one attached hydrogen (secondary N) is 1. The molecule has 17 heavy (non-hydrogen) atoms. The maximum Gasteiger partial charge on any atom is 0.378 e. The van der Waals surface area contributed by atoms with Gasteiger partial charge in [0.2, 0.25) is 0 Å². The summed E-state index contributed by atoms with van der Waals surface area (Å²) in [6.45, 7) is 4.31. The van der Waals surface area contributed by atoms with Crippen LogP contribution in [0.5, 0.6) is 0 Å². The fourth-order valence-electron chi connectivity index (χ4n) is 1.59. The number of nitrogens with zero attached hydrogens (tertiary/aromatic N) is 2. The van der Waals surface area contributed by atoms with E-state index in [1.165, 1.54) is 25.7 Å². The Labute approximate surface area is 102 Å². The standard InChI is InChI=1S/C12H21N3O2/c1-3-5-6-7-8-9-10-13-11(15-14-10)12(16)17-4-2/h3-9H2,1-2H3,(H,13,14,15). The number of ether oxygens (including phenoxy) is 1. The summed E-state index contributed by atoms with van der Waals surface area (Å²) in [6, 6.07) is 0. The van der Waals surface area contributed by atoms with Crippen LogP contribution in [-0.4, -0.2) is 27.8 Å². The summed E-state index contributed by atoms with van der Waals surface area (Å²) in [5, 5.41) is 6.61. The van der Waals surface area contributed by atoms with E-state index >= 15 is 0 Å². The van der Waals surface area contributed by atoms with E-state index in [-0.39, 0.29) is 5.82 Å². The molecule has 0 fully saturated rings. The number of carbonyl (C=O) groups excluding carboxylic acids is 1. The lowest BCUT2D eigenvalue weighted by Gasteiger charge is -1.97. The third-order valence-electron chi connectivity index (χ3n) is 2.51. The molecule has 0 saturated carbocycles. The molecule has 5 nitrogen and oxygen atoms in total. The lowest BCUT2D eigenvalue weighted by molar-refractivity contribution is 0.0512. The SMILES string of the molecule is CCCCCCCc1nc(C(=O)OCC)n[nH]1. The first kappa shape index (κ1) is 13.7. The maximum atomic E-state index is 11.3. The minimum atomic E-state index is -0.457. The van der Waals surface area contributed by atoms with Crippen LogP contribution in [-0.2, 0) is 11.2 Å². The fourth-order valence-corrected chi connectivity index (χ4v) is 1.59. The molecule has 1 aromatic rings. The number of aromatic nitrogens is 3. The van der Waals surface area contributed by atoms with Gasteiger partial charge in [0.1, 0.15) is 5.82 Å². The molecule has 0 aliphatic carbocycles. The van der Waals surface area contributed by atoms with Crippen LogP contribution in [0.2, 0.25) is 0 Å². The first-order valence-corrected chi connectivity index (χ1v) is 6.36. The highest BCUT2D eigenvalue weighted by Crippen LogP contribution is 2.06. The zero-order valence-corrected chi connectivity index (χ0v) is 10.7. The molecular weight excluding hydrogens is 218 g/mol. The highest BCUT2D eigenvalue weighted by Gasteiger charge is 2.12. The van der Waals surface area contributed by atoms with Crippen molar-refractivity contribution in [1.82, 2.24) is 15.2 Å². The first-order chi connectivity index (χ1) is 8.27. The van der Waals surface area contributed by atoms with Gasteiger partial charge in [-0.15, -0.1) is 5.10 Å². The van der Waals surface area contributed by atoms with Gasteiger partial charge in [0, 0.05) is 6.42 Å². The summed E-state index contributed by atoms with van der Waals surface area (Å²) in [5.41, 5.74) is 0. The van der Waals surface area contributed by atoms with E-state index in [0.717, 1.165) is 18.7 Å². The van der Waals surface area contributed by atoms with E-state index in [4.69, 9.17) is 4.74 Å². The average Bonchev–Trinajstić information content (AvgIpc) is 2.78. The topological polar surface area (TPSA) is 67.9 Å². The molecule has 0 saturated heterocycles. The quantitative estimate of drug-likeness (QED) is 0.559. The second kappa shape index (κ2) is 7.81. The van der Waals surface area contributed by atoms with Crippen molar-refractivity contribution < 1.29 is 9.53 Å². The van der Waals surface area contributed by atoms with Gasteiger partial charge in [0.25, 0.3) is 5.82 Å². The Kier molecular flexibility index (Phi) is 6.29. The molecule has 96 valence electrons. The smallest absolute Gasteiger partial charge is 0.378 e. The summed E-state index contributed by atoms with van der Waals surface area (Å²) >= 11 is 0. The summed E-state index contributed by atoms with van der Waals surface area (Å²) in [4.78, 5) is 15.4. The van der Waals surface area contributed by atoms with Gasteiger partial charge in [0.15, 0.2) is 0 Å². The molecule has 1 rings (SSSR count). The largest absolute Gasteiger partial charge is 0.460 e. The van der Waals surface area contributed by atoms with Crippen molar-refractivity contribution in [3.8, 4) is 0 Å². The van der Waals surface area contributed by atoms with E-state index < -0.39 is 5.97 Å².